The molecule has 0 fully saturated rings. The second-order valence-electron chi connectivity index (χ2n) is 5.48. The lowest BCUT2D eigenvalue weighted by Crippen LogP contribution is -2.32. The monoisotopic (exact) mass is 302 g/mol. The molecule has 118 valence electrons. The molecule has 1 aromatic heterocycles. The molecule has 1 unspecified atom stereocenters. The molecule has 0 aliphatic heterocycles. The Hall–Kier alpha value is -2.34. The minimum atomic E-state index is -0.395. The van der Waals surface area contributed by atoms with E-state index in [-0.39, 0.29) is 11.9 Å². The lowest BCUT2D eigenvalue weighted by Gasteiger charge is -2.14. The SMILES string of the molecule is CC(C)C(O)CCNC(=O)Nc1ccc(-n2cccn2)cc1. The molecule has 1 heterocycles. The second kappa shape index (κ2) is 7.61. The summed E-state index contributed by atoms with van der Waals surface area (Å²) in [6.07, 6.45) is 3.72. The highest BCUT2D eigenvalue weighted by Gasteiger charge is 2.09. The van der Waals surface area contributed by atoms with Gasteiger partial charge in [-0.1, -0.05) is 13.8 Å². The fraction of sp³-hybridized carbons (Fsp3) is 0.375. The Morgan fingerprint density at radius 2 is 2.05 bits per heavy atom. The number of carbonyl (C=O) groups excluding carboxylic acids is 1. The van der Waals surface area contributed by atoms with Gasteiger partial charge in [-0.2, -0.15) is 5.10 Å². The Labute approximate surface area is 130 Å². The molecule has 6 nitrogen and oxygen atoms in total. The van der Waals surface area contributed by atoms with Crippen molar-refractivity contribution in [1.82, 2.24) is 15.1 Å². The molecule has 0 aliphatic rings. The van der Waals surface area contributed by atoms with Gasteiger partial charge in [0.05, 0.1) is 11.8 Å². The summed E-state index contributed by atoms with van der Waals surface area (Å²) in [4.78, 5) is 11.8. The smallest absolute Gasteiger partial charge is 0.319 e. The molecule has 0 radical (unpaired) electrons. The van der Waals surface area contributed by atoms with Crippen molar-refractivity contribution in [2.45, 2.75) is 26.4 Å². The first-order valence-electron chi connectivity index (χ1n) is 7.39. The fourth-order valence-electron chi connectivity index (χ4n) is 1.96. The van der Waals surface area contributed by atoms with Crippen molar-refractivity contribution >= 4 is 11.7 Å². The van der Waals surface area contributed by atoms with Crippen LogP contribution in [0.5, 0.6) is 0 Å². The number of amides is 2. The summed E-state index contributed by atoms with van der Waals surface area (Å²) < 4.78 is 1.75. The van der Waals surface area contributed by atoms with Crippen molar-refractivity contribution in [3.63, 3.8) is 0 Å². The number of urea groups is 1. The molecule has 22 heavy (non-hydrogen) atoms. The maximum Gasteiger partial charge on any atom is 0.319 e. The first-order chi connectivity index (χ1) is 10.6. The molecule has 2 aromatic rings. The van der Waals surface area contributed by atoms with Gasteiger partial charge in [0.25, 0.3) is 0 Å². The number of hydrogen-bond acceptors (Lipinski definition) is 3. The van der Waals surface area contributed by atoms with Gasteiger partial charge in [0, 0.05) is 24.6 Å². The van der Waals surface area contributed by atoms with Gasteiger partial charge >= 0.3 is 6.03 Å². The molecule has 3 N–H and O–H groups in total. The van der Waals surface area contributed by atoms with E-state index in [0.717, 1.165) is 5.69 Å². The topological polar surface area (TPSA) is 79.2 Å². The van der Waals surface area contributed by atoms with E-state index in [9.17, 15) is 9.90 Å². The van der Waals surface area contributed by atoms with Crippen LogP contribution >= 0.6 is 0 Å². The predicted molar refractivity (Wildman–Crippen MR) is 86.0 cm³/mol. The first-order valence-corrected chi connectivity index (χ1v) is 7.39. The Balaban J connectivity index is 1.79. The molecular weight excluding hydrogens is 280 g/mol. The number of nitrogens with one attached hydrogen (secondary N) is 2. The summed E-state index contributed by atoms with van der Waals surface area (Å²) in [5.41, 5.74) is 1.63. The van der Waals surface area contributed by atoms with E-state index < -0.39 is 6.10 Å². The number of aliphatic hydroxyl groups excluding tert-OH is 1. The van der Waals surface area contributed by atoms with Crippen LogP contribution in [0.2, 0.25) is 0 Å². The Bertz CT molecular complexity index is 579. The van der Waals surface area contributed by atoms with Gasteiger partial charge in [-0.15, -0.1) is 0 Å². The number of nitrogens with zero attached hydrogens (tertiary/aromatic N) is 2. The zero-order valence-corrected chi connectivity index (χ0v) is 12.9. The van der Waals surface area contributed by atoms with Crippen molar-refractivity contribution in [2.24, 2.45) is 5.92 Å². The van der Waals surface area contributed by atoms with E-state index in [1.807, 2.05) is 50.4 Å². The molecule has 0 saturated carbocycles. The molecule has 0 saturated heterocycles. The van der Waals surface area contributed by atoms with Gasteiger partial charge < -0.3 is 15.7 Å². The summed E-state index contributed by atoms with van der Waals surface area (Å²) in [6.45, 7) is 4.34. The summed E-state index contributed by atoms with van der Waals surface area (Å²) in [7, 11) is 0. The third kappa shape index (κ3) is 4.60. The van der Waals surface area contributed by atoms with Crippen LogP contribution in [0, 0.1) is 5.92 Å². The standard InChI is InChI=1S/C16H22N4O2/c1-12(2)15(21)8-10-17-16(22)19-13-4-6-14(7-5-13)20-11-3-9-18-20/h3-7,9,11-12,15,21H,8,10H2,1-2H3,(H2,17,19,22). The maximum atomic E-state index is 11.8. The van der Waals surface area contributed by atoms with Crippen LogP contribution in [0.25, 0.3) is 5.69 Å². The number of carbonyl (C=O) groups is 1. The van der Waals surface area contributed by atoms with Crippen LogP contribution in [0.15, 0.2) is 42.7 Å². The van der Waals surface area contributed by atoms with Crippen molar-refractivity contribution in [3.8, 4) is 5.69 Å². The zero-order chi connectivity index (χ0) is 15.9. The molecular formula is C16H22N4O2. The highest BCUT2D eigenvalue weighted by atomic mass is 16.3. The molecule has 0 bridgehead atoms. The average Bonchev–Trinajstić information content (AvgIpc) is 3.02. The molecule has 0 aliphatic carbocycles. The van der Waals surface area contributed by atoms with Crippen molar-refractivity contribution in [1.29, 1.82) is 0 Å². The number of aliphatic hydroxyl groups is 1. The van der Waals surface area contributed by atoms with E-state index in [2.05, 4.69) is 15.7 Å². The van der Waals surface area contributed by atoms with Gasteiger partial charge in [-0.25, -0.2) is 9.48 Å². The van der Waals surface area contributed by atoms with Crippen LogP contribution in [-0.2, 0) is 0 Å². The molecule has 1 aromatic carbocycles. The predicted octanol–water partition coefficient (Wildman–Crippen LogP) is 2.40. The van der Waals surface area contributed by atoms with E-state index >= 15 is 0 Å². The van der Waals surface area contributed by atoms with Gasteiger partial charge in [0.2, 0.25) is 0 Å². The third-order valence-corrected chi connectivity index (χ3v) is 3.39. The lowest BCUT2D eigenvalue weighted by atomic mass is 10.0. The molecule has 1 atom stereocenters. The summed E-state index contributed by atoms with van der Waals surface area (Å²) in [6, 6.07) is 8.98. The fourth-order valence-corrected chi connectivity index (χ4v) is 1.96. The summed E-state index contributed by atoms with van der Waals surface area (Å²) >= 11 is 0. The van der Waals surface area contributed by atoms with Crippen LogP contribution in [0.4, 0.5) is 10.5 Å². The van der Waals surface area contributed by atoms with Crippen molar-refractivity contribution in [2.75, 3.05) is 11.9 Å². The Morgan fingerprint density at radius 1 is 1.32 bits per heavy atom. The number of aromatic nitrogens is 2. The van der Waals surface area contributed by atoms with Crippen LogP contribution in [-0.4, -0.2) is 33.6 Å². The number of anilines is 1. The molecule has 0 spiro atoms. The van der Waals surface area contributed by atoms with Crippen LogP contribution in [0.1, 0.15) is 20.3 Å². The third-order valence-electron chi connectivity index (χ3n) is 3.39. The maximum absolute atomic E-state index is 11.8. The minimum absolute atomic E-state index is 0.194. The minimum Gasteiger partial charge on any atom is -0.393 e. The Morgan fingerprint density at radius 3 is 2.64 bits per heavy atom. The normalized spacial score (nSPS) is 12.2. The quantitative estimate of drug-likeness (QED) is 0.766. The number of rotatable bonds is 6. The molecule has 2 amide bonds. The van der Waals surface area contributed by atoms with Gasteiger partial charge in [0.15, 0.2) is 0 Å². The van der Waals surface area contributed by atoms with Crippen LogP contribution in [0.3, 0.4) is 0 Å². The van der Waals surface area contributed by atoms with Crippen molar-refractivity contribution < 1.29 is 9.90 Å². The summed E-state index contributed by atoms with van der Waals surface area (Å²) in [5.74, 6) is 0.194. The van der Waals surface area contributed by atoms with Crippen LogP contribution < -0.4 is 10.6 Å². The van der Waals surface area contributed by atoms with Gasteiger partial charge in [-0.05, 0) is 42.7 Å². The molecule has 6 heteroatoms. The van der Waals surface area contributed by atoms with Gasteiger partial charge in [-0.3, -0.25) is 0 Å². The van der Waals surface area contributed by atoms with E-state index in [4.69, 9.17) is 0 Å². The lowest BCUT2D eigenvalue weighted by molar-refractivity contribution is 0.117. The number of benzene rings is 1. The molecule has 2 rings (SSSR count). The zero-order valence-electron chi connectivity index (χ0n) is 12.9. The highest BCUT2D eigenvalue weighted by Crippen LogP contribution is 2.12. The van der Waals surface area contributed by atoms with E-state index in [1.165, 1.54) is 0 Å². The van der Waals surface area contributed by atoms with Crippen molar-refractivity contribution in [3.05, 3.63) is 42.7 Å². The summed E-state index contributed by atoms with van der Waals surface area (Å²) in [5, 5.41) is 19.3. The largest absolute Gasteiger partial charge is 0.393 e. The average molecular weight is 302 g/mol. The van der Waals surface area contributed by atoms with E-state index in [0.29, 0.717) is 18.7 Å². The first kappa shape index (κ1) is 16.0. The number of hydrogen-bond donors (Lipinski definition) is 3. The van der Waals surface area contributed by atoms with E-state index in [1.54, 1.807) is 10.9 Å². The highest BCUT2D eigenvalue weighted by molar-refractivity contribution is 5.89. The Kier molecular flexibility index (Phi) is 5.55. The van der Waals surface area contributed by atoms with Gasteiger partial charge in [0.1, 0.15) is 0 Å². The second-order valence-corrected chi connectivity index (χ2v) is 5.48.